The summed E-state index contributed by atoms with van der Waals surface area (Å²) in [5.74, 6) is 0.237. The van der Waals surface area contributed by atoms with Crippen molar-refractivity contribution in [2.75, 3.05) is 33.5 Å². The van der Waals surface area contributed by atoms with E-state index in [1.807, 2.05) is 30.5 Å². The molecule has 9 heteroatoms. The molecular formula is C26H36N5O3S+. The van der Waals surface area contributed by atoms with Crippen LogP contribution in [0.5, 0.6) is 5.88 Å². The zero-order chi connectivity index (χ0) is 24.7. The molecule has 2 atom stereocenters. The molecule has 35 heavy (non-hydrogen) atoms. The number of nitrogens with zero attached hydrogens (tertiary/aromatic N) is 3. The molecule has 3 N–H and O–H groups in total. The zero-order valence-electron chi connectivity index (χ0n) is 20.7. The highest BCUT2D eigenvalue weighted by Crippen LogP contribution is 2.30. The number of aromatic nitrogens is 3. The molecule has 0 fully saturated rings. The molecule has 8 nitrogen and oxygen atoms in total. The molecule has 3 heterocycles. The lowest BCUT2D eigenvalue weighted by Crippen LogP contribution is -2.50. The van der Waals surface area contributed by atoms with Gasteiger partial charge in [-0.2, -0.15) is 4.37 Å². The molecule has 0 saturated heterocycles. The van der Waals surface area contributed by atoms with Gasteiger partial charge < -0.3 is 20.2 Å². The first-order valence-corrected chi connectivity index (χ1v) is 13.2. The maximum Gasteiger partial charge on any atom is 0.327 e. The number of hydrogen-bond donors (Lipinski definition) is 2. The number of H-pyrrole nitrogens is 1. The highest BCUT2D eigenvalue weighted by molar-refractivity contribution is 6.99. The van der Waals surface area contributed by atoms with Gasteiger partial charge >= 0.3 is 5.97 Å². The smallest absolute Gasteiger partial charge is 0.327 e. The molecule has 3 aromatic rings. The number of esters is 1. The molecule has 0 amide bonds. The standard InChI is InChI=1S/C26H36N5O3S/c1-3-4-5-8-14-33-25-24(29-35-30-25)19-10-9-13-31(2,17-19)18-34-26(32)22(27)15-20-16-28-23-12-7-6-11-21(20)23/h6-7,10-12,16,22,28H,3-5,8-9,13-15,17-18,27H2,1-2H3/q+1/t22-,31?/m0/s1. The molecule has 1 aliphatic heterocycles. The Morgan fingerprint density at radius 1 is 1.26 bits per heavy atom. The number of likely N-dealkylation sites (N-methyl/N-ethyl adjacent to an activating group) is 1. The molecule has 0 bridgehead atoms. The van der Waals surface area contributed by atoms with E-state index in [0.717, 1.165) is 53.5 Å². The Hall–Kier alpha value is -2.75. The number of fused-ring (bicyclic) bond motifs is 1. The Morgan fingerprint density at radius 3 is 2.97 bits per heavy atom. The van der Waals surface area contributed by atoms with Crippen molar-refractivity contribution in [1.29, 1.82) is 0 Å². The minimum Gasteiger partial charge on any atom is -0.475 e. The number of rotatable bonds is 12. The number of carbonyl (C=O) groups excluding carboxylic acids is 1. The van der Waals surface area contributed by atoms with Crippen molar-refractivity contribution < 1.29 is 18.8 Å². The number of hydrogen-bond acceptors (Lipinski definition) is 7. The number of quaternary nitrogens is 1. The maximum absolute atomic E-state index is 12.7. The molecular weight excluding hydrogens is 462 g/mol. The SMILES string of the molecule is CCCCCCOc1nsnc1C1=CCC[N+](C)(COC(=O)[C@@H](N)Cc2c[nH]c3ccccc23)C1. The van der Waals surface area contributed by atoms with Gasteiger partial charge in [-0.15, -0.1) is 4.37 Å². The Kier molecular flexibility index (Phi) is 8.54. The van der Waals surface area contributed by atoms with Gasteiger partial charge in [0, 0.05) is 35.5 Å². The minimum absolute atomic E-state index is 0.266. The molecule has 1 aliphatic rings. The maximum atomic E-state index is 12.7. The van der Waals surface area contributed by atoms with Gasteiger partial charge in [0.05, 0.1) is 31.9 Å². The quantitative estimate of drug-likeness (QED) is 0.219. The van der Waals surface area contributed by atoms with Crippen LogP contribution >= 0.6 is 11.7 Å². The summed E-state index contributed by atoms with van der Waals surface area (Å²) in [6.45, 7) is 4.69. The van der Waals surface area contributed by atoms with E-state index in [0.29, 0.717) is 29.9 Å². The van der Waals surface area contributed by atoms with Crippen LogP contribution in [0, 0.1) is 0 Å². The summed E-state index contributed by atoms with van der Waals surface area (Å²) in [6.07, 6.45) is 10.0. The van der Waals surface area contributed by atoms with Crippen LogP contribution in [0.15, 0.2) is 36.5 Å². The lowest BCUT2D eigenvalue weighted by Gasteiger charge is -2.36. The number of benzene rings is 1. The molecule has 4 rings (SSSR count). The topological polar surface area (TPSA) is 103 Å². The lowest BCUT2D eigenvalue weighted by atomic mass is 10.1. The Morgan fingerprint density at radius 2 is 2.11 bits per heavy atom. The number of unbranched alkanes of at least 4 members (excludes halogenated alkanes) is 3. The van der Waals surface area contributed by atoms with E-state index in [1.165, 1.54) is 24.6 Å². The molecule has 0 saturated carbocycles. The Labute approximate surface area is 211 Å². The van der Waals surface area contributed by atoms with Crippen molar-refractivity contribution in [2.24, 2.45) is 5.73 Å². The third-order valence-corrected chi connectivity index (χ3v) is 7.06. The summed E-state index contributed by atoms with van der Waals surface area (Å²) in [6, 6.07) is 7.29. The highest BCUT2D eigenvalue weighted by Gasteiger charge is 2.32. The van der Waals surface area contributed by atoms with Crippen molar-refractivity contribution in [2.45, 2.75) is 51.5 Å². The van der Waals surface area contributed by atoms with Gasteiger partial charge in [0.25, 0.3) is 5.88 Å². The Bertz CT molecular complexity index is 1160. The van der Waals surface area contributed by atoms with Crippen molar-refractivity contribution in [3.05, 3.63) is 47.8 Å². The van der Waals surface area contributed by atoms with Gasteiger partial charge in [0.2, 0.25) is 6.73 Å². The molecule has 0 aliphatic carbocycles. The van der Waals surface area contributed by atoms with Crippen LogP contribution in [-0.2, 0) is 16.0 Å². The van der Waals surface area contributed by atoms with Crippen LogP contribution < -0.4 is 10.5 Å². The third kappa shape index (κ3) is 6.48. The fourth-order valence-corrected chi connectivity index (χ4v) is 5.03. The number of aromatic amines is 1. The van der Waals surface area contributed by atoms with Crippen LogP contribution in [0.4, 0.5) is 0 Å². The van der Waals surface area contributed by atoms with E-state index in [9.17, 15) is 4.79 Å². The second-order valence-corrected chi connectivity index (χ2v) is 10.1. The van der Waals surface area contributed by atoms with Crippen molar-refractivity contribution in [3.8, 4) is 5.88 Å². The molecule has 2 aromatic heterocycles. The van der Waals surface area contributed by atoms with Crippen LogP contribution in [0.25, 0.3) is 16.5 Å². The first-order chi connectivity index (χ1) is 17.0. The minimum atomic E-state index is -0.712. The lowest BCUT2D eigenvalue weighted by molar-refractivity contribution is -0.919. The van der Waals surface area contributed by atoms with E-state index in [-0.39, 0.29) is 12.7 Å². The summed E-state index contributed by atoms with van der Waals surface area (Å²) in [5, 5.41) is 1.08. The zero-order valence-corrected chi connectivity index (χ0v) is 21.5. The highest BCUT2D eigenvalue weighted by atomic mass is 32.1. The van der Waals surface area contributed by atoms with E-state index in [1.54, 1.807) is 0 Å². The van der Waals surface area contributed by atoms with Crippen molar-refractivity contribution in [3.63, 3.8) is 0 Å². The number of nitrogens with one attached hydrogen (secondary N) is 1. The summed E-state index contributed by atoms with van der Waals surface area (Å²) in [7, 11) is 2.09. The molecule has 1 unspecified atom stereocenters. The molecule has 0 spiro atoms. The van der Waals surface area contributed by atoms with Gasteiger partial charge in [-0.3, -0.25) is 9.28 Å². The van der Waals surface area contributed by atoms with Gasteiger partial charge in [0.15, 0.2) is 0 Å². The second kappa shape index (κ2) is 11.8. The fourth-order valence-electron chi connectivity index (χ4n) is 4.50. The van der Waals surface area contributed by atoms with Crippen molar-refractivity contribution in [1.82, 2.24) is 13.7 Å². The number of para-hydroxylation sites is 1. The van der Waals surface area contributed by atoms with Gasteiger partial charge in [-0.05, 0) is 18.1 Å². The summed E-state index contributed by atoms with van der Waals surface area (Å²) < 4.78 is 21.1. The average Bonchev–Trinajstić information content (AvgIpc) is 3.50. The van der Waals surface area contributed by atoms with Crippen LogP contribution in [-0.4, -0.2) is 63.7 Å². The van der Waals surface area contributed by atoms with E-state index < -0.39 is 6.04 Å². The summed E-state index contributed by atoms with van der Waals surface area (Å²) >= 11 is 1.18. The van der Waals surface area contributed by atoms with E-state index >= 15 is 0 Å². The predicted octanol–water partition coefficient (Wildman–Crippen LogP) is 4.28. The summed E-state index contributed by atoms with van der Waals surface area (Å²) in [5.41, 5.74) is 10.2. The third-order valence-electron chi connectivity index (χ3n) is 6.55. The van der Waals surface area contributed by atoms with E-state index in [4.69, 9.17) is 15.2 Å². The van der Waals surface area contributed by atoms with E-state index in [2.05, 4.69) is 33.8 Å². The molecule has 1 aromatic carbocycles. The normalized spacial score (nSPS) is 18.9. The number of nitrogens with two attached hydrogens (primary N) is 1. The van der Waals surface area contributed by atoms with Crippen LogP contribution in [0.3, 0.4) is 0 Å². The fraction of sp³-hybridized carbons (Fsp3) is 0.500. The second-order valence-electron chi connectivity index (χ2n) is 9.61. The van der Waals surface area contributed by atoms with Crippen LogP contribution in [0.2, 0.25) is 0 Å². The van der Waals surface area contributed by atoms with Crippen molar-refractivity contribution >= 4 is 34.2 Å². The summed E-state index contributed by atoms with van der Waals surface area (Å²) in [4.78, 5) is 16.0. The monoisotopic (exact) mass is 498 g/mol. The van der Waals surface area contributed by atoms with Gasteiger partial charge in [0.1, 0.15) is 18.3 Å². The predicted molar refractivity (Wildman–Crippen MR) is 139 cm³/mol. The van der Waals surface area contributed by atoms with Gasteiger partial charge in [-0.1, -0.05) is 50.5 Å². The first-order valence-electron chi connectivity index (χ1n) is 12.4. The van der Waals surface area contributed by atoms with Crippen LogP contribution in [0.1, 0.15) is 50.3 Å². The molecule has 188 valence electrons. The Balaban J connectivity index is 1.30. The molecule has 0 radical (unpaired) electrons. The largest absolute Gasteiger partial charge is 0.475 e. The number of ether oxygens (including phenoxy) is 2. The van der Waals surface area contributed by atoms with Gasteiger partial charge in [-0.25, -0.2) is 0 Å². The number of carbonyl (C=O) groups is 1. The first kappa shape index (κ1) is 25.3. The average molecular weight is 499 g/mol.